The van der Waals surface area contributed by atoms with Crippen LogP contribution in [0.3, 0.4) is 0 Å². The molecule has 0 radical (unpaired) electrons. The molecule has 0 saturated carbocycles. The summed E-state index contributed by atoms with van der Waals surface area (Å²) in [7, 11) is -3.52. The van der Waals surface area contributed by atoms with Crippen molar-refractivity contribution >= 4 is 38.7 Å². The molecule has 3 aromatic heterocycles. The van der Waals surface area contributed by atoms with Crippen molar-refractivity contribution in [3.8, 4) is 0 Å². The molecule has 3 atom stereocenters. The largest absolute Gasteiger partial charge is 0.592 e. The van der Waals surface area contributed by atoms with Crippen LogP contribution in [-0.2, 0) is 19.4 Å². The molecular weight excluding hydrogens is 434 g/mol. The number of fused-ring (bicyclic) bond motifs is 1. The number of imidazole rings is 1. The number of sulfonamides is 1. The summed E-state index contributed by atoms with van der Waals surface area (Å²) in [5, 5.41) is 1.77. The van der Waals surface area contributed by atoms with Gasteiger partial charge < -0.3 is 14.4 Å². The van der Waals surface area contributed by atoms with Gasteiger partial charge in [0.1, 0.15) is 5.82 Å². The minimum Gasteiger partial charge on any atom is -0.592 e. The van der Waals surface area contributed by atoms with Crippen molar-refractivity contribution in [2.75, 3.05) is 26.2 Å². The summed E-state index contributed by atoms with van der Waals surface area (Å²) in [6.45, 7) is 2.06. The van der Waals surface area contributed by atoms with Gasteiger partial charge in [0.25, 0.3) is 0 Å². The number of thiophene rings is 1. The standard InChI is InChI=1S/C21H25N5O3S2/c27-21(16-5-2-10-26(14-16)31(28,29)19-6-3-11-30-19)25-9-1-4-15(13-25)20-23-17-7-8-22-12-18(17)24-20/h3,6-8,11-12,15-16H,1-2,4-5,9-10,13-14H2,(H-,22,23,24,28,29). The third-order valence-electron chi connectivity index (χ3n) is 6.24. The van der Waals surface area contributed by atoms with Gasteiger partial charge >= 0.3 is 0 Å². The van der Waals surface area contributed by atoms with Gasteiger partial charge in [0.05, 0.1) is 29.7 Å². The number of H-pyrrole nitrogens is 1. The van der Waals surface area contributed by atoms with E-state index < -0.39 is 10.4 Å². The van der Waals surface area contributed by atoms with Crippen molar-refractivity contribution in [2.45, 2.75) is 35.8 Å². The molecule has 1 N–H and O–H groups in total. The van der Waals surface area contributed by atoms with Crippen LogP contribution in [0.5, 0.6) is 0 Å². The third kappa shape index (κ3) is 4.05. The van der Waals surface area contributed by atoms with Crippen molar-refractivity contribution in [3.05, 3.63) is 41.8 Å². The number of nitrogens with one attached hydrogen (secondary N) is 1. The van der Waals surface area contributed by atoms with Crippen LogP contribution in [0.4, 0.5) is 0 Å². The van der Waals surface area contributed by atoms with Gasteiger partial charge in [-0.05, 0) is 43.2 Å². The monoisotopic (exact) mass is 459 g/mol. The van der Waals surface area contributed by atoms with Crippen LogP contribution < -0.4 is 0 Å². The Morgan fingerprint density at radius 1 is 1.23 bits per heavy atom. The topological polar surface area (TPSA) is 105 Å². The number of aromatic nitrogens is 3. The van der Waals surface area contributed by atoms with Gasteiger partial charge in [0.15, 0.2) is 10.4 Å². The zero-order valence-corrected chi connectivity index (χ0v) is 18.7. The number of likely N-dealkylation sites (tertiary alicyclic amines) is 1. The lowest BCUT2D eigenvalue weighted by atomic mass is 9.93. The van der Waals surface area contributed by atoms with Gasteiger partial charge in [-0.3, -0.25) is 9.78 Å². The van der Waals surface area contributed by atoms with E-state index in [1.807, 2.05) is 11.0 Å². The molecule has 0 spiro atoms. The fourth-order valence-electron chi connectivity index (χ4n) is 4.63. The molecule has 5 heterocycles. The van der Waals surface area contributed by atoms with Crippen LogP contribution in [0, 0.1) is 5.92 Å². The highest BCUT2D eigenvalue weighted by atomic mass is 32.3. The second-order valence-electron chi connectivity index (χ2n) is 8.27. The van der Waals surface area contributed by atoms with Crippen LogP contribution >= 0.6 is 11.3 Å². The maximum absolute atomic E-state index is 13.3. The Balaban J connectivity index is 1.28. The number of amides is 1. The summed E-state index contributed by atoms with van der Waals surface area (Å²) in [4.78, 5) is 27.4. The van der Waals surface area contributed by atoms with Crippen molar-refractivity contribution in [1.82, 2.24) is 24.2 Å². The van der Waals surface area contributed by atoms with E-state index in [0.717, 1.165) is 36.1 Å². The average molecular weight is 460 g/mol. The first kappa shape index (κ1) is 20.7. The smallest absolute Gasteiger partial charge is 0.229 e. The zero-order valence-electron chi connectivity index (χ0n) is 17.1. The highest BCUT2D eigenvalue weighted by Crippen LogP contribution is 2.32. The van der Waals surface area contributed by atoms with E-state index in [0.29, 0.717) is 30.3 Å². The van der Waals surface area contributed by atoms with Crippen LogP contribution in [0.1, 0.15) is 37.4 Å². The van der Waals surface area contributed by atoms with E-state index in [9.17, 15) is 13.6 Å². The molecule has 5 rings (SSSR count). The highest BCUT2D eigenvalue weighted by molar-refractivity contribution is 7.97. The van der Waals surface area contributed by atoms with E-state index in [4.69, 9.17) is 4.98 Å². The number of carbonyl (C=O) groups is 1. The maximum Gasteiger partial charge on any atom is 0.229 e. The second kappa shape index (κ2) is 8.42. The summed E-state index contributed by atoms with van der Waals surface area (Å²) in [6.07, 6.45) is 6.81. The number of nitrogens with zero attached hydrogens (tertiary/aromatic N) is 4. The van der Waals surface area contributed by atoms with Crippen LogP contribution in [0.2, 0.25) is 0 Å². The quantitative estimate of drug-likeness (QED) is 0.604. The van der Waals surface area contributed by atoms with E-state index in [-0.39, 0.29) is 24.3 Å². The predicted molar refractivity (Wildman–Crippen MR) is 118 cm³/mol. The SMILES string of the molecule is O=C(C1CCCN([S+](=O)([O-])c2cccs2)C1)N1CCCC(c2nc3ccncc3[nH]2)C1. The molecule has 164 valence electrons. The molecule has 1 amide bonds. The number of pyridine rings is 1. The van der Waals surface area contributed by atoms with Crippen molar-refractivity contribution in [3.63, 3.8) is 0 Å². The van der Waals surface area contributed by atoms with Crippen molar-refractivity contribution < 1.29 is 13.6 Å². The third-order valence-corrected chi connectivity index (χ3v) is 9.48. The van der Waals surface area contributed by atoms with E-state index in [1.165, 1.54) is 15.6 Å². The Bertz CT molecular complexity index is 1080. The minimum atomic E-state index is -3.52. The minimum absolute atomic E-state index is 0.0635. The molecule has 2 aliphatic heterocycles. The molecule has 8 nitrogen and oxygen atoms in total. The summed E-state index contributed by atoms with van der Waals surface area (Å²) in [5.41, 5.74) is 1.79. The first-order valence-electron chi connectivity index (χ1n) is 10.6. The zero-order chi connectivity index (χ0) is 21.4. The Labute approximate surface area is 186 Å². The number of aromatic amines is 1. The van der Waals surface area contributed by atoms with Gasteiger partial charge in [-0.2, -0.15) is 0 Å². The Morgan fingerprint density at radius 3 is 2.90 bits per heavy atom. The fraction of sp³-hybridized carbons (Fsp3) is 0.476. The van der Waals surface area contributed by atoms with E-state index >= 15 is 0 Å². The average Bonchev–Trinajstić information content (AvgIpc) is 3.49. The highest BCUT2D eigenvalue weighted by Gasteiger charge is 2.40. The van der Waals surface area contributed by atoms with Gasteiger partial charge in [0.2, 0.25) is 10.1 Å². The molecule has 31 heavy (non-hydrogen) atoms. The lowest BCUT2D eigenvalue weighted by Crippen LogP contribution is -2.50. The van der Waals surface area contributed by atoms with Gasteiger partial charge in [-0.25, -0.2) is 4.98 Å². The normalized spacial score (nSPS) is 24.9. The first-order valence-corrected chi connectivity index (χ1v) is 13.0. The van der Waals surface area contributed by atoms with Gasteiger partial charge in [-0.15, -0.1) is 4.31 Å². The summed E-state index contributed by atoms with van der Waals surface area (Å²) in [5.74, 6) is 0.821. The molecule has 0 bridgehead atoms. The molecular formula is C21H25N5O3S2. The molecule has 0 aromatic carbocycles. The first-order chi connectivity index (χ1) is 15.0. The summed E-state index contributed by atoms with van der Waals surface area (Å²) >= 11 is 1.22. The number of rotatable bonds is 4. The van der Waals surface area contributed by atoms with Gasteiger partial charge in [0, 0.05) is 37.8 Å². The van der Waals surface area contributed by atoms with Crippen LogP contribution in [-0.4, -0.2) is 60.8 Å². The Hall–Kier alpha value is -2.14. The van der Waals surface area contributed by atoms with Crippen molar-refractivity contribution in [2.24, 2.45) is 5.92 Å². The Morgan fingerprint density at radius 2 is 2.10 bits per heavy atom. The molecule has 2 saturated heterocycles. The van der Waals surface area contributed by atoms with E-state index in [2.05, 4.69) is 9.97 Å². The van der Waals surface area contributed by atoms with Gasteiger partial charge in [-0.1, -0.05) is 15.5 Å². The van der Waals surface area contributed by atoms with Crippen LogP contribution in [0.15, 0.2) is 40.2 Å². The second-order valence-corrected chi connectivity index (χ2v) is 11.4. The number of piperidine rings is 2. The Kier molecular flexibility index (Phi) is 5.63. The summed E-state index contributed by atoms with van der Waals surface area (Å²) < 4.78 is 27.6. The molecule has 10 heteroatoms. The molecule has 0 aliphatic carbocycles. The van der Waals surface area contributed by atoms with E-state index in [1.54, 1.807) is 29.9 Å². The van der Waals surface area contributed by atoms with Crippen LogP contribution in [0.25, 0.3) is 11.0 Å². The number of carbonyl (C=O) groups excluding carboxylic acids is 1. The molecule has 3 aromatic rings. The number of hydrogen-bond donors (Lipinski definition) is 1. The molecule has 3 unspecified atom stereocenters. The summed E-state index contributed by atoms with van der Waals surface area (Å²) in [6, 6.07) is 5.25. The molecule has 2 aliphatic rings. The van der Waals surface area contributed by atoms with Crippen molar-refractivity contribution in [1.29, 1.82) is 0 Å². The lowest BCUT2D eigenvalue weighted by molar-refractivity contribution is -0.138. The molecule has 2 fully saturated rings. The maximum atomic E-state index is 13.3. The number of hydrogen-bond acceptors (Lipinski definition) is 6. The lowest BCUT2D eigenvalue weighted by Gasteiger charge is -2.38. The predicted octanol–water partition coefficient (Wildman–Crippen LogP) is 3.04. The fourth-order valence-corrected chi connectivity index (χ4v) is 7.30.